The Balaban J connectivity index is 1.44. The summed E-state index contributed by atoms with van der Waals surface area (Å²) in [5.74, 6) is -0.0842. The molecule has 1 aliphatic heterocycles. The standard InChI is InChI=1S/C22H27FN2/c1-19(18-21-11-5-6-12-22(21)23)25-16-14-24(15-17-25)13-7-10-20-8-3-2-4-9-20/h2-12,19H,13-18H2,1H3/b10-7+/t19-/m0/s1. The molecule has 2 aromatic rings. The van der Waals surface area contributed by atoms with Crippen molar-refractivity contribution in [1.82, 2.24) is 9.80 Å². The lowest BCUT2D eigenvalue weighted by molar-refractivity contribution is 0.109. The van der Waals surface area contributed by atoms with Gasteiger partial charge < -0.3 is 0 Å². The van der Waals surface area contributed by atoms with Crippen molar-refractivity contribution in [1.29, 1.82) is 0 Å². The molecule has 3 heteroatoms. The largest absolute Gasteiger partial charge is 0.298 e. The molecule has 1 saturated heterocycles. The second-order valence-corrected chi connectivity index (χ2v) is 6.79. The van der Waals surface area contributed by atoms with Crippen LogP contribution in [0.3, 0.4) is 0 Å². The zero-order valence-electron chi connectivity index (χ0n) is 14.9. The third-order valence-corrected chi connectivity index (χ3v) is 4.98. The molecule has 0 aliphatic carbocycles. The first-order valence-electron chi connectivity index (χ1n) is 9.14. The molecule has 0 N–H and O–H groups in total. The highest BCUT2D eigenvalue weighted by molar-refractivity contribution is 5.48. The quantitative estimate of drug-likeness (QED) is 0.783. The summed E-state index contributed by atoms with van der Waals surface area (Å²) in [6, 6.07) is 17.9. The Morgan fingerprint density at radius 3 is 2.36 bits per heavy atom. The average molecular weight is 338 g/mol. The van der Waals surface area contributed by atoms with Gasteiger partial charge in [0.05, 0.1) is 0 Å². The van der Waals surface area contributed by atoms with E-state index in [-0.39, 0.29) is 5.82 Å². The van der Waals surface area contributed by atoms with Crippen LogP contribution in [0.4, 0.5) is 4.39 Å². The monoisotopic (exact) mass is 338 g/mol. The molecule has 132 valence electrons. The molecule has 1 atom stereocenters. The number of hydrogen-bond donors (Lipinski definition) is 0. The third-order valence-electron chi connectivity index (χ3n) is 4.98. The second kappa shape index (κ2) is 8.93. The number of rotatable bonds is 6. The van der Waals surface area contributed by atoms with E-state index in [1.54, 1.807) is 12.1 Å². The normalized spacial score (nSPS) is 17.8. The van der Waals surface area contributed by atoms with Gasteiger partial charge in [0.1, 0.15) is 5.82 Å². The summed E-state index contributed by atoms with van der Waals surface area (Å²) in [7, 11) is 0. The molecule has 0 unspecified atom stereocenters. The van der Waals surface area contributed by atoms with Gasteiger partial charge in [-0.15, -0.1) is 0 Å². The molecule has 1 aliphatic rings. The lowest BCUT2D eigenvalue weighted by atomic mass is 10.0. The Morgan fingerprint density at radius 1 is 0.960 bits per heavy atom. The van der Waals surface area contributed by atoms with Crippen LogP contribution in [0.1, 0.15) is 18.1 Å². The molecule has 2 aromatic carbocycles. The van der Waals surface area contributed by atoms with Crippen molar-refractivity contribution in [3.05, 3.63) is 77.6 Å². The number of halogens is 1. The summed E-state index contributed by atoms with van der Waals surface area (Å²) >= 11 is 0. The fourth-order valence-corrected chi connectivity index (χ4v) is 3.40. The molecular formula is C22H27FN2. The van der Waals surface area contributed by atoms with E-state index in [0.717, 1.165) is 44.7 Å². The van der Waals surface area contributed by atoms with Crippen LogP contribution in [-0.2, 0) is 6.42 Å². The van der Waals surface area contributed by atoms with Crippen LogP contribution < -0.4 is 0 Å². The molecule has 0 saturated carbocycles. The van der Waals surface area contributed by atoms with E-state index in [4.69, 9.17) is 0 Å². The van der Waals surface area contributed by atoms with Gasteiger partial charge in [0.25, 0.3) is 0 Å². The summed E-state index contributed by atoms with van der Waals surface area (Å²) in [5, 5.41) is 0. The van der Waals surface area contributed by atoms with Gasteiger partial charge >= 0.3 is 0 Å². The van der Waals surface area contributed by atoms with Gasteiger partial charge in [0.15, 0.2) is 0 Å². The molecule has 1 fully saturated rings. The van der Waals surface area contributed by atoms with Crippen LogP contribution in [-0.4, -0.2) is 48.6 Å². The number of benzene rings is 2. The average Bonchev–Trinajstić information content (AvgIpc) is 2.65. The van der Waals surface area contributed by atoms with E-state index < -0.39 is 0 Å². The molecule has 25 heavy (non-hydrogen) atoms. The third kappa shape index (κ3) is 5.25. The Kier molecular flexibility index (Phi) is 6.37. The fourth-order valence-electron chi connectivity index (χ4n) is 3.40. The lowest BCUT2D eigenvalue weighted by Crippen LogP contribution is -2.50. The van der Waals surface area contributed by atoms with Crippen LogP contribution in [0.2, 0.25) is 0 Å². The molecule has 3 rings (SSSR count). The topological polar surface area (TPSA) is 6.48 Å². The van der Waals surface area contributed by atoms with Gasteiger partial charge in [-0.05, 0) is 30.5 Å². The maximum absolute atomic E-state index is 13.8. The van der Waals surface area contributed by atoms with Gasteiger partial charge in [-0.25, -0.2) is 4.39 Å². The molecule has 0 bridgehead atoms. The Hall–Kier alpha value is -1.97. The van der Waals surface area contributed by atoms with E-state index >= 15 is 0 Å². The van der Waals surface area contributed by atoms with Crippen molar-refractivity contribution in [2.75, 3.05) is 32.7 Å². The predicted octanol–water partition coefficient (Wildman–Crippen LogP) is 4.09. The summed E-state index contributed by atoms with van der Waals surface area (Å²) in [6.07, 6.45) is 5.21. The summed E-state index contributed by atoms with van der Waals surface area (Å²) in [4.78, 5) is 4.95. The molecule has 0 radical (unpaired) electrons. The first-order valence-corrected chi connectivity index (χ1v) is 9.14. The smallest absolute Gasteiger partial charge is 0.126 e. The molecule has 1 heterocycles. The van der Waals surface area contributed by atoms with Gasteiger partial charge in [-0.2, -0.15) is 0 Å². The highest BCUT2D eigenvalue weighted by atomic mass is 19.1. The van der Waals surface area contributed by atoms with E-state index in [0.29, 0.717) is 6.04 Å². The molecule has 0 aromatic heterocycles. The van der Waals surface area contributed by atoms with Crippen LogP contribution in [0.5, 0.6) is 0 Å². The highest BCUT2D eigenvalue weighted by Crippen LogP contribution is 2.14. The first kappa shape index (κ1) is 17.8. The van der Waals surface area contributed by atoms with Crippen LogP contribution in [0.25, 0.3) is 6.08 Å². The number of piperazine rings is 1. The molecular weight excluding hydrogens is 311 g/mol. The summed E-state index contributed by atoms with van der Waals surface area (Å²) in [5.41, 5.74) is 2.07. The minimum atomic E-state index is -0.0842. The molecule has 0 amide bonds. The van der Waals surface area contributed by atoms with Gasteiger partial charge in [-0.1, -0.05) is 60.7 Å². The molecule has 2 nitrogen and oxygen atoms in total. The van der Waals surface area contributed by atoms with Crippen molar-refractivity contribution in [3.8, 4) is 0 Å². The zero-order valence-corrected chi connectivity index (χ0v) is 14.9. The lowest BCUT2D eigenvalue weighted by Gasteiger charge is -2.37. The van der Waals surface area contributed by atoms with Gasteiger partial charge in [0.2, 0.25) is 0 Å². The summed E-state index contributed by atoms with van der Waals surface area (Å²) in [6.45, 7) is 7.44. The minimum absolute atomic E-state index is 0.0842. The van der Waals surface area contributed by atoms with Crippen molar-refractivity contribution in [2.24, 2.45) is 0 Å². The SMILES string of the molecule is C[C@@H](Cc1ccccc1F)N1CCN(C/C=C/c2ccccc2)CC1. The Morgan fingerprint density at radius 2 is 1.64 bits per heavy atom. The van der Waals surface area contributed by atoms with Crippen molar-refractivity contribution in [2.45, 2.75) is 19.4 Å². The van der Waals surface area contributed by atoms with Crippen LogP contribution >= 0.6 is 0 Å². The maximum Gasteiger partial charge on any atom is 0.126 e. The summed E-state index contributed by atoms with van der Waals surface area (Å²) < 4.78 is 13.8. The van der Waals surface area contributed by atoms with Crippen molar-refractivity contribution >= 4 is 6.08 Å². The zero-order chi connectivity index (χ0) is 17.5. The first-order chi connectivity index (χ1) is 12.2. The van der Waals surface area contributed by atoms with Gasteiger partial charge in [-0.3, -0.25) is 9.80 Å². The van der Waals surface area contributed by atoms with E-state index in [2.05, 4.69) is 53.1 Å². The Labute approximate surface area is 150 Å². The number of hydrogen-bond acceptors (Lipinski definition) is 2. The maximum atomic E-state index is 13.8. The van der Waals surface area contributed by atoms with E-state index in [9.17, 15) is 4.39 Å². The van der Waals surface area contributed by atoms with E-state index in [1.807, 2.05) is 18.2 Å². The van der Waals surface area contributed by atoms with Crippen LogP contribution in [0.15, 0.2) is 60.7 Å². The Bertz CT molecular complexity index is 675. The fraction of sp³-hybridized carbons (Fsp3) is 0.364. The van der Waals surface area contributed by atoms with Crippen LogP contribution in [0, 0.1) is 5.82 Å². The predicted molar refractivity (Wildman–Crippen MR) is 103 cm³/mol. The number of nitrogens with zero attached hydrogens (tertiary/aromatic N) is 2. The highest BCUT2D eigenvalue weighted by Gasteiger charge is 2.21. The van der Waals surface area contributed by atoms with E-state index in [1.165, 1.54) is 5.56 Å². The second-order valence-electron chi connectivity index (χ2n) is 6.79. The molecule has 0 spiro atoms. The van der Waals surface area contributed by atoms with Gasteiger partial charge in [0, 0.05) is 38.8 Å². The van der Waals surface area contributed by atoms with Crippen molar-refractivity contribution in [3.63, 3.8) is 0 Å². The minimum Gasteiger partial charge on any atom is -0.298 e. The van der Waals surface area contributed by atoms with Crippen molar-refractivity contribution < 1.29 is 4.39 Å².